The van der Waals surface area contributed by atoms with E-state index in [9.17, 15) is 27.6 Å². The van der Waals surface area contributed by atoms with Gasteiger partial charge < -0.3 is 19.7 Å². The van der Waals surface area contributed by atoms with Crippen molar-refractivity contribution >= 4 is 28.9 Å². The number of aldehydes is 1. The van der Waals surface area contributed by atoms with Gasteiger partial charge in [-0.1, -0.05) is 62.4 Å². The maximum absolute atomic E-state index is 13.3. The number of amides is 1. The van der Waals surface area contributed by atoms with Gasteiger partial charge in [-0.05, 0) is 54.3 Å². The summed E-state index contributed by atoms with van der Waals surface area (Å²) in [5.41, 5.74) is 1.33. The number of hydrogen-bond acceptors (Lipinski definition) is 6. The minimum Gasteiger partial charge on any atom is -0.469 e. The molecule has 10 heteroatoms. The van der Waals surface area contributed by atoms with Gasteiger partial charge in [0.25, 0.3) is 5.91 Å². The van der Waals surface area contributed by atoms with Gasteiger partial charge in [0.2, 0.25) is 0 Å². The summed E-state index contributed by atoms with van der Waals surface area (Å²) >= 11 is 0. The number of carbonyl (C=O) groups is 3. The van der Waals surface area contributed by atoms with Crippen LogP contribution in [-0.2, 0) is 20.4 Å². The van der Waals surface area contributed by atoms with Gasteiger partial charge in [0, 0.05) is 30.8 Å². The number of halogens is 3. The van der Waals surface area contributed by atoms with Gasteiger partial charge in [0.05, 0.1) is 32.3 Å². The molecule has 234 valence electrons. The number of benzene rings is 3. The lowest BCUT2D eigenvalue weighted by Gasteiger charge is -2.32. The molecular formula is C33H41F3N2O5. The maximum atomic E-state index is 13.3. The first-order chi connectivity index (χ1) is 20.7. The number of rotatable bonds is 9. The van der Waals surface area contributed by atoms with Gasteiger partial charge in [0.15, 0.2) is 0 Å². The molecule has 4 rings (SSSR count). The lowest BCUT2D eigenvalue weighted by molar-refractivity contribution is -0.141. The molecule has 0 atom stereocenters. The SMILES string of the molecule is CC.CNCCOCCC(=O)OC.O=Cc1ccc(C2CCN(C(=O)c3cccc4c(C(F)(F)F)cccc34)CC2)cc1. The van der Waals surface area contributed by atoms with E-state index in [1.165, 1.54) is 25.3 Å². The third kappa shape index (κ3) is 10.5. The second-order valence-electron chi connectivity index (χ2n) is 9.60. The van der Waals surface area contributed by atoms with Crippen molar-refractivity contribution in [3.63, 3.8) is 0 Å². The van der Waals surface area contributed by atoms with Crippen LogP contribution >= 0.6 is 0 Å². The van der Waals surface area contributed by atoms with Gasteiger partial charge in [-0.25, -0.2) is 0 Å². The number of nitrogens with one attached hydrogen (secondary N) is 1. The van der Waals surface area contributed by atoms with Gasteiger partial charge in [0.1, 0.15) is 6.29 Å². The summed E-state index contributed by atoms with van der Waals surface area (Å²) in [6.45, 7) is 6.95. The molecule has 1 aliphatic rings. The van der Waals surface area contributed by atoms with Crippen LogP contribution in [0.3, 0.4) is 0 Å². The summed E-state index contributed by atoms with van der Waals surface area (Å²) in [5.74, 6) is -0.178. The number of fused-ring (bicyclic) bond motifs is 1. The summed E-state index contributed by atoms with van der Waals surface area (Å²) in [7, 11) is 3.22. The Kier molecular flexibility index (Phi) is 14.9. The standard InChI is InChI=1S/C24H20F3NO2.C7H15NO3.C2H6/c25-24(26,27)22-6-2-3-19-20(22)4-1-5-21(19)23(30)28-13-11-18(12-14-28)17-9-7-16(15-29)8-10-17;1-8-4-6-11-5-3-7(9)10-2;1-2/h1-10,15,18H,11-14H2;8H,3-6H2,1-2H3;1-2H3. The number of ether oxygens (including phenoxy) is 2. The molecule has 0 unspecified atom stereocenters. The number of likely N-dealkylation sites (tertiary alicyclic amines) is 1. The third-order valence-corrected chi connectivity index (χ3v) is 6.96. The molecule has 1 N–H and O–H groups in total. The second-order valence-corrected chi connectivity index (χ2v) is 9.60. The smallest absolute Gasteiger partial charge is 0.417 e. The largest absolute Gasteiger partial charge is 0.469 e. The van der Waals surface area contributed by atoms with E-state index >= 15 is 0 Å². The molecule has 0 aliphatic carbocycles. The van der Waals surface area contributed by atoms with Crippen LogP contribution in [0, 0.1) is 0 Å². The average molecular weight is 603 g/mol. The zero-order chi connectivity index (χ0) is 31.8. The van der Waals surface area contributed by atoms with Crippen molar-refractivity contribution in [2.24, 2.45) is 0 Å². The van der Waals surface area contributed by atoms with Crippen molar-refractivity contribution < 1.29 is 37.0 Å². The molecule has 1 saturated heterocycles. The summed E-state index contributed by atoms with van der Waals surface area (Å²) in [6, 6.07) is 15.9. The van der Waals surface area contributed by atoms with Crippen LogP contribution in [0.4, 0.5) is 13.2 Å². The van der Waals surface area contributed by atoms with Crippen molar-refractivity contribution in [2.75, 3.05) is 47.0 Å². The first-order valence-electron chi connectivity index (χ1n) is 14.4. The Morgan fingerprint density at radius 2 is 1.58 bits per heavy atom. The quantitative estimate of drug-likeness (QED) is 0.171. The lowest BCUT2D eigenvalue weighted by atomic mass is 9.88. The van der Waals surface area contributed by atoms with E-state index in [-0.39, 0.29) is 17.3 Å². The fourth-order valence-electron chi connectivity index (χ4n) is 4.71. The van der Waals surface area contributed by atoms with Crippen LogP contribution in [0.15, 0.2) is 60.7 Å². The van der Waals surface area contributed by atoms with E-state index < -0.39 is 11.7 Å². The Hall–Kier alpha value is -3.76. The molecular weight excluding hydrogens is 561 g/mol. The van der Waals surface area contributed by atoms with Gasteiger partial charge in [-0.2, -0.15) is 13.2 Å². The molecule has 1 fully saturated rings. The van der Waals surface area contributed by atoms with Crippen LogP contribution in [0.2, 0.25) is 0 Å². The summed E-state index contributed by atoms with van der Waals surface area (Å²) < 4.78 is 49.5. The summed E-state index contributed by atoms with van der Waals surface area (Å²) in [5, 5.41) is 3.29. The summed E-state index contributed by atoms with van der Waals surface area (Å²) in [6.07, 6.45) is -1.80. The number of methoxy groups -OCH3 is 1. The number of piperidine rings is 1. The number of esters is 1. The Labute approximate surface area is 251 Å². The first kappa shape index (κ1) is 35.4. The number of likely N-dealkylation sites (N-methyl/N-ethyl adjacent to an activating group) is 1. The van der Waals surface area contributed by atoms with E-state index in [1.807, 2.05) is 33.0 Å². The van der Waals surface area contributed by atoms with Crippen LogP contribution in [0.25, 0.3) is 10.8 Å². The highest BCUT2D eigenvalue weighted by Crippen LogP contribution is 2.36. The molecule has 1 heterocycles. The van der Waals surface area contributed by atoms with Crippen molar-refractivity contribution in [3.05, 3.63) is 82.9 Å². The van der Waals surface area contributed by atoms with E-state index in [0.717, 1.165) is 37.3 Å². The minimum absolute atomic E-state index is 0.0426. The van der Waals surface area contributed by atoms with E-state index in [4.69, 9.17) is 4.74 Å². The Balaban J connectivity index is 0.000000422. The third-order valence-electron chi connectivity index (χ3n) is 6.96. The highest BCUT2D eigenvalue weighted by Gasteiger charge is 2.33. The fraction of sp³-hybridized carbons (Fsp3) is 0.424. The predicted molar refractivity (Wildman–Crippen MR) is 161 cm³/mol. The Morgan fingerprint density at radius 3 is 2.16 bits per heavy atom. The van der Waals surface area contributed by atoms with E-state index in [1.54, 1.807) is 29.2 Å². The number of alkyl halides is 3. The molecule has 0 bridgehead atoms. The molecule has 1 aliphatic heterocycles. The van der Waals surface area contributed by atoms with Crippen LogP contribution in [0.5, 0.6) is 0 Å². The highest BCUT2D eigenvalue weighted by atomic mass is 19.4. The molecule has 7 nitrogen and oxygen atoms in total. The zero-order valence-corrected chi connectivity index (χ0v) is 25.2. The van der Waals surface area contributed by atoms with Gasteiger partial charge in [-0.3, -0.25) is 14.4 Å². The van der Waals surface area contributed by atoms with Crippen molar-refractivity contribution in [1.82, 2.24) is 10.2 Å². The molecule has 0 spiro atoms. The second kappa shape index (κ2) is 18.0. The lowest BCUT2D eigenvalue weighted by Crippen LogP contribution is -2.38. The monoisotopic (exact) mass is 602 g/mol. The van der Waals surface area contributed by atoms with Crippen LogP contribution in [-0.4, -0.2) is 70.1 Å². The Morgan fingerprint density at radius 1 is 0.953 bits per heavy atom. The van der Waals surface area contributed by atoms with E-state index in [0.29, 0.717) is 55.2 Å². The molecule has 0 radical (unpaired) electrons. The molecule has 3 aromatic carbocycles. The molecule has 1 amide bonds. The maximum Gasteiger partial charge on any atom is 0.417 e. The highest BCUT2D eigenvalue weighted by molar-refractivity contribution is 6.07. The molecule has 3 aromatic rings. The molecule has 0 saturated carbocycles. The fourth-order valence-corrected chi connectivity index (χ4v) is 4.71. The normalized spacial score (nSPS) is 13.3. The molecule has 43 heavy (non-hydrogen) atoms. The van der Waals surface area contributed by atoms with Gasteiger partial charge in [-0.15, -0.1) is 0 Å². The topological polar surface area (TPSA) is 84.9 Å². The van der Waals surface area contributed by atoms with Crippen molar-refractivity contribution in [1.29, 1.82) is 0 Å². The summed E-state index contributed by atoms with van der Waals surface area (Å²) in [4.78, 5) is 36.2. The van der Waals surface area contributed by atoms with Crippen molar-refractivity contribution in [3.8, 4) is 0 Å². The van der Waals surface area contributed by atoms with Crippen LogP contribution in [0.1, 0.15) is 70.9 Å². The predicted octanol–water partition coefficient (Wildman–Crippen LogP) is 6.50. The first-order valence-corrected chi connectivity index (χ1v) is 14.4. The van der Waals surface area contributed by atoms with Crippen LogP contribution < -0.4 is 5.32 Å². The number of carbonyl (C=O) groups excluding carboxylic acids is 3. The Bertz CT molecular complexity index is 1300. The van der Waals surface area contributed by atoms with Crippen molar-refractivity contribution in [2.45, 2.75) is 45.2 Å². The molecule has 0 aromatic heterocycles. The minimum atomic E-state index is -4.47. The average Bonchev–Trinajstić information content (AvgIpc) is 3.04. The zero-order valence-electron chi connectivity index (χ0n) is 25.2. The number of nitrogens with zero attached hydrogens (tertiary/aromatic N) is 1. The number of hydrogen-bond donors (Lipinski definition) is 1. The van der Waals surface area contributed by atoms with Gasteiger partial charge >= 0.3 is 12.1 Å². The van der Waals surface area contributed by atoms with E-state index in [2.05, 4.69) is 10.1 Å².